The molecule has 31 heavy (non-hydrogen) atoms. The predicted molar refractivity (Wildman–Crippen MR) is 107 cm³/mol. The highest BCUT2D eigenvalue weighted by molar-refractivity contribution is 5.92. The van der Waals surface area contributed by atoms with Crippen LogP contribution in [-0.2, 0) is 16.1 Å². The van der Waals surface area contributed by atoms with Gasteiger partial charge in [0, 0.05) is 37.7 Å². The van der Waals surface area contributed by atoms with E-state index in [0.29, 0.717) is 31.0 Å². The third kappa shape index (κ3) is 4.22. The summed E-state index contributed by atoms with van der Waals surface area (Å²) in [5.74, 6) is -2.13. The van der Waals surface area contributed by atoms with E-state index in [0.717, 1.165) is 25.3 Å². The highest BCUT2D eigenvalue weighted by Gasteiger charge is 2.59. The standard InChI is InChI=1S/C22H24F2N4O3/c1-14-18(26-31-25-14)13-27(2)21(30)16-12-22(16)8-10-28(11-9-22)19(29)7-6-15-4-3-5-17(23)20(15)24/h3-7,16H,8-13H2,1-2H3/b7-6+. The summed E-state index contributed by atoms with van der Waals surface area (Å²) in [5.41, 5.74) is 1.29. The molecule has 0 radical (unpaired) electrons. The molecule has 4 rings (SSSR count). The monoisotopic (exact) mass is 430 g/mol. The number of aryl methyl sites for hydroxylation is 1. The van der Waals surface area contributed by atoms with E-state index in [4.69, 9.17) is 0 Å². The molecule has 7 nitrogen and oxygen atoms in total. The Bertz CT molecular complexity index is 1030. The molecule has 0 bridgehead atoms. The van der Waals surface area contributed by atoms with Crippen LogP contribution in [0.5, 0.6) is 0 Å². The van der Waals surface area contributed by atoms with Gasteiger partial charge < -0.3 is 9.80 Å². The maximum absolute atomic E-state index is 13.7. The van der Waals surface area contributed by atoms with Crippen LogP contribution in [0.25, 0.3) is 6.08 Å². The molecule has 2 amide bonds. The minimum Gasteiger partial charge on any atom is -0.339 e. The third-order valence-corrected chi connectivity index (χ3v) is 6.46. The summed E-state index contributed by atoms with van der Waals surface area (Å²) in [5, 5.41) is 7.56. The number of likely N-dealkylation sites (tertiary alicyclic amines) is 1. The summed E-state index contributed by atoms with van der Waals surface area (Å²) in [6.07, 6.45) is 4.88. The molecule has 1 aromatic heterocycles. The van der Waals surface area contributed by atoms with Gasteiger partial charge in [0.1, 0.15) is 11.4 Å². The van der Waals surface area contributed by atoms with Crippen LogP contribution >= 0.6 is 0 Å². The molecule has 2 aliphatic rings. The smallest absolute Gasteiger partial charge is 0.246 e. The summed E-state index contributed by atoms with van der Waals surface area (Å²) in [7, 11) is 1.75. The fourth-order valence-electron chi connectivity index (χ4n) is 4.30. The summed E-state index contributed by atoms with van der Waals surface area (Å²) in [4.78, 5) is 28.6. The minimum absolute atomic E-state index is 0.0373. The molecule has 1 aliphatic heterocycles. The fraction of sp³-hybridized carbons (Fsp3) is 0.455. The normalized spacial score (nSPS) is 19.7. The number of halogens is 2. The molecule has 1 saturated carbocycles. The van der Waals surface area contributed by atoms with E-state index < -0.39 is 11.6 Å². The lowest BCUT2D eigenvalue weighted by atomic mass is 9.90. The summed E-state index contributed by atoms with van der Waals surface area (Å²) in [6, 6.07) is 3.85. The molecule has 1 spiro atoms. The van der Waals surface area contributed by atoms with Gasteiger partial charge in [-0.25, -0.2) is 13.4 Å². The molecule has 1 saturated heterocycles. The molecular weight excluding hydrogens is 406 g/mol. The van der Waals surface area contributed by atoms with E-state index in [1.807, 2.05) is 0 Å². The zero-order chi connectivity index (χ0) is 22.2. The molecule has 1 aromatic carbocycles. The van der Waals surface area contributed by atoms with Gasteiger partial charge in [0.2, 0.25) is 11.8 Å². The van der Waals surface area contributed by atoms with Crippen molar-refractivity contribution in [2.24, 2.45) is 11.3 Å². The lowest BCUT2D eigenvalue weighted by Crippen LogP contribution is -2.40. The van der Waals surface area contributed by atoms with Crippen molar-refractivity contribution in [2.75, 3.05) is 20.1 Å². The number of nitrogens with zero attached hydrogens (tertiary/aromatic N) is 4. The van der Waals surface area contributed by atoms with Gasteiger partial charge >= 0.3 is 0 Å². The van der Waals surface area contributed by atoms with E-state index in [1.54, 1.807) is 23.8 Å². The largest absolute Gasteiger partial charge is 0.339 e. The van der Waals surface area contributed by atoms with Crippen LogP contribution < -0.4 is 0 Å². The Labute approximate surface area is 178 Å². The van der Waals surface area contributed by atoms with Crippen LogP contribution in [0, 0.1) is 29.9 Å². The average Bonchev–Trinajstić information content (AvgIpc) is 3.30. The van der Waals surface area contributed by atoms with Gasteiger partial charge in [0.15, 0.2) is 11.6 Å². The first kappa shape index (κ1) is 21.1. The number of amides is 2. The van der Waals surface area contributed by atoms with E-state index >= 15 is 0 Å². The second-order valence-electron chi connectivity index (χ2n) is 8.41. The Morgan fingerprint density at radius 2 is 2.03 bits per heavy atom. The molecule has 2 fully saturated rings. The van der Waals surface area contributed by atoms with Crippen molar-refractivity contribution in [3.05, 3.63) is 52.9 Å². The summed E-state index contributed by atoms with van der Waals surface area (Å²) < 4.78 is 31.7. The van der Waals surface area contributed by atoms with Crippen LogP contribution in [0.15, 0.2) is 28.9 Å². The van der Waals surface area contributed by atoms with Crippen molar-refractivity contribution in [3.8, 4) is 0 Å². The number of carbonyl (C=O) groups is 2. The van der Waals surface area contributed by atoms with E-state index in [2.05, 4.69) is 14.9 Å². The van der Waals surface area contributed by atoms with Gasteiger partial charge in [0.25, 0.3) is 0 Å². The van der Waals surface area contributed by atoms with Crippen molar-refractivity contribution < 1.29 is 23.0 Å². The Hall–Kier alpha value is -3.10. The Morgan fingerprint density at radius 1 is 1.29 bits per heavy atom. The first-order valence-electron chi connectivity index (χ1n) is 10.2. The summed E-state index contributed by atoms with van der Waals surface area (Å²) in [6.45, 7) is 3.21. The molecule has 1 atom stereocenters. The first-order valence-corrected chi connectivity index (χ1v) is 10.2. The Balaban J connectivity index is 1.30. The van der Waals surface area contributed by atoms with Crippen LogP contribution in [0.1, 0.15) is 36.2 Å². The van der Waals surface area contributed by atoms with Gasteiger partial charge in [-0.3, -0.25) is 9.59 Å². The van der Waals surface area contributed by atoms with E-state index in [9.17, 15) is 18.4 Å². The highest BCUT2D eigenvalue weighted by atomic mass is 19.2. The van der Waals surface area contributed by atoms with Gasteiger partial charge in [-0.1, -0.05) is 22.4 Å². The minimum atomic E-state index is -0.968. The fourth-order valence-corrected chi connectivity index (χ4v) is 4.30. The molecule has 2 aromatic rings. The van der Waals surface area contributed by atoms with Crippen molar-refractivity contribution in [1.82, 2.24) is 20.1 Å². The maximum Gasteiger partial charge on any atom is 0.246 e. The SMILES string of the molecule is Cc1nonc1CN(C)C(=O)C1CC12CCN(C(=O)/C=C/c1cccc(F)c1F)CC2. The number of carbonyl (C=O) groups excluding carboxylic acids is 2. The van der Waals surface area contributed by atoms with Crippen molar-refractivity contribution >= 4 is 17.9 Å². The lowest BCUT2D eigenvalue weighted by molar-refractivity contribution is -0.133. The van der Waals surface area contributed by atoms with Crippen molar-refractivity contribution in [2.45, 2.75) is 32.7 Å². The van der Waals surface area contributed by atoms with Crippen molar-refractivity contribution in [3.63, 3.8) is 0 Å². The third-order valence-electron chi connectivity index (χ3n) is 6.46. The van der Waals surface area contributed by atoms with Crippen LogP contribution in [0.3, 0.4) is 0 Å². The number of piperidine rings is 1. The zero-order valence-corrected chi connectivity index (χ0v) is 17.5. The molecule has 1 aliphatic carbocycles. The lowest BCUT2D eigenvalue weighted by Gasteiger charge is -2.32. The van der Waals surface area contributed by atoms with Crippen molar-refractivity contribution in [1.29, 1.82) is 0 Å². The number of benzene rings is 1. The molecular formula is C22H24F2N4O3. The Morgan fingerprint density at radius 3 is 2.71 bits per heavy atom. The molecule has 0 N–H and O–H groups in total. The molecule has 9 heteroatoms. The van der Waals surface area contributed by atoms with Crippen LogP contribution in [0.2, 0.25) is 0 Å². The van der Waals surface area contributed by atoms with Crippen LogP contribution in [0.4, 0.5) is 8.78 Å². The highest BCUT2D eigenvalue weighted by Crippen LogP contribution is 2.60. The molecule has 1 unspecified atom stereocenters. The van der Waals surface area contributed by atoms with Crippen LogP contribution in [-0.4, -0.2) is 52.1 Å². The van der Waals surface area contributed by atoms with Gasteiger partial charge in [-0.05, 0) is 43.7 Å². The quantitative estimate of drug-likeness (QED) is 0.682. The molecule has 164 valence electrons. The van der Waals surface area contributed by atoms with Gasteiger partial charge in [-0.2, -0.15) is 0 Å². The van der Waals surface area contributed by atoms with Gasteiger partial charge in [-0.15, -0.1) is 0 Å². The first-order chi connectivity index (χ1) is 14.8. The molecule has 2 heterocycles. The van der Waals surface area contributed by atoms with Gasteiger partial charge in [0.05, 0.1) is 6.54 Å². The predicted octanol–water partition coefficient (Wildman–Crippen LogP) is 2.96. The topological polar surface area (TPSA) is 79.5 Å². The average molecular weight is 430 g/mol. The second-order valence-corrected chi connectivity index (χ2v) is 8.41. The Kier molecular flexibility index (Phi) is 5.60. The number of hydrogen-bond acceptors (Lipinski definition) is 5. The summed E-state index contributed by atoms with van der Waals surface area (Å²) >= 11 is 0. The zero-order valence-electron chi connectivity index (χ0n) is 17.5. The number of rotatable bonds is 5. The maximum atomic E-state index is 13.7. The second kappa shape index (κ2) is 8.20. The van der Waals surface area contributed by atoms with E-state index in [-0.39, 0.29) is 28.7 Å². The number of aromatic nitrogens is 2. The van der Waals surface area contributed by atoms with E-state index in [1.165, 1.54) is 24.3 Å². The number of hydrogen-bond donors (Lipinski definition) is 0.